The topological polar surface area (TPSA) is 72.2 Å². The molecule has 0 amide bonds. The van der Waals surface area contributed by atoms with E-state index in [1.807, 2.05) is 0 Å². The zero-order valence-corrected chi connectivity index (χ0v) is 8.65. The summed E-state index contributed by atoms with van der Waals surface area (Å²) >= 11 is 0. The zero-order chi connectivity index (χ0) is 9.73. The second kappa shape index (κ2) is 4.93. The Morgan fingerprint density at radius 2 is 2.15 bits per heavy atom. The van der Waals surface area contributed by atoms with Crippen LogP contribution in [0.3, 0.4) is 0 Å². The average Bonchev–Trinajstić information content (AvgIpc) is 2.40. The molecule has 1 aliphatic heterocycles. The summed E-state index contributed by atoms with van der Waals surface area (Å²) in [5.74, 6) is 0.664. The highest BCUT2D eigenvalue weighted by atomic mass is 32.2. The Morgan fingerprint density at radius 3 is 2.69 bits per heavy atom. The van der Waals surface area contributed by atoms with E-state index < -0.39 is 9.84 Å². The van der Waals surface area contributed by atoms with Crippen molar-refractivity contribution >= 4 is 9.84 Å². The fourth-order valence-corrected chi connectivity index (χ4v) is 3.24. The van der Waals surface area contributed by atoms with Gasteiger partial charge >= 0.3 is 0 Å². The van der Waals surface area contributed by atoms with E-state index in [4.69, 9.17) is 5.73 Å². The predicted molar refractivity (Wildman–Crippen MR) is 53.3 cm³/mol. The van der Waals surface area contributed by atoms with Crippen LogP contribution in [0.15, 0.2) is 0 Å². The molecule has 1 unspecified atom stereocenters. The Bertz CT molecular complexity index is 239. The predicted octanol–water partition coefficient (Wildman–Crippen LogP) is -0.498. The summed E-state index contributed by atoms with van der Waals surface area (Å²) in [5, 5.41) is 3.24. The minimum Gasteiger partial charge on any atom is -0.330 e. The van der Waals surface area contributed by atoms with Gasteiger partial charge in [0.15, 0.2) is 9.84 Å². The number of sulfone groups is 1. The minimum absolute atomic E-state index is 0.183. The van der Waals surface area contributed by atoms with Crippen molar-refractivity contribution in [2.75, 3.05) is 24.6 Å². The molecule has 0 spiro atoms. The molecule has 0 aromatic carbocycles. The fraction of sp³-hybridized carbons (Fsp3) is 1.00. The van der Waals surface area contributed by atoms with Crippen LogP contribution in [0.5, 0.6) is 0 Å². The third-order valence-corrected chi connectivity index (χ3v) is 4.06. The third-order valence-electron chi connectivity index (χ3n) is 2.30. The van der Waals surface area contributed by atoms with Crippen LogP contribution in [0.1, 0.15) is 19.3 Å². The molecule has 1 heterocycles. The van der Waals surface area contributed by atoms with Crippen LogP contribution in [-0.2, 0) is 9.84 Å². The molecule has 3 N–H and O–H groups in total. The van der Waals surface area contributed by atoms with Crippen LogP contribution >= 0.6 is 0 Å². The summed E-state index contributed by atoms with van der Waals surface area (Å²) in [5.41, 5.74) is 5.34. The number of unbranched alkanes of at least 4 members (excludes halogenated alkanes) is 1. The molecule has 0 saturated carbocycles. The van der Waals surface area contributed by atoms with Gasteiger partial charge in [-0.25, -0.2) is 8.42 Å². The van der Waals surface area contributed by atoms with Crippen LogP contribution in [0, 0.1) is 0 Å². The lowest BCUT2D eigenvalue weighted by Crippen LogP contribution is -2.31. The zero-order valence-electron chi connectivity index (χ0n) is 7.83. The van der Waals surface area contributed by atoms with Crippen LogP contribution < -0.4 is 11.1 Å². The van der Waals surface area contributed by atoms with E-state index in [0.29, 0.717) is 18.1 Å². The normalized spacial score (nSPS) is 26.4. The van der Waals surface area contributed by atoms with Gasteiger partial charge in [-0.05, 0) is 32.4 Å². The quantitative estimate of drug-likeness (QED) is 0.595. The van der Waals surface area contributed by atoms with Crippen LogP contribution in [0.4, 0.5) is 0 Å². The van der Waals surface area contributed by atoms with Gasteiger partial charge in [0.05, 0.1) is 11.5 Å². The molecule has 0 aromatic heterocycles. The summed E-state index contributed by atoms with van der Waals surface area (Å²) in [6, 6.07) is 0.183. The molecular formula is C8H18N2O2S. The van der Waals surface area contributed by atoms with E-state index in [-0.39, 0.29) is 6.04 Å². The molecule has 1 saturated heterocycles. The Kier molecular flexibility index (Phi) is 4.15. The van der Waals surface area contributed by atoms with E-state index in [0.717, 1.165) is 25.8 Å². The summed E-state index contributed by atoms with van der Waals surface area (Å²) in [4.78, 5) is 0. The van der Waals surface area contributed by atoms with Crippen molar-refractivity contribution in [2.24, 2.45) is 5.73 Å². The van der Waals surface area contributed by atoms with Crippen molar-refractivity contribution in [1.29, 1.82) is 0 Å². The summed E-state index contributed by atoms with van der Waals surface area (Å²) < 4.78 is 22.1. The van der Waals surface area contributed by atoms with Crippen molar-refractivity contribution in [2.45, 2.75) is 25.3 Å². The summed E-state index contributed by atoms with van der Waals surface area (Å²) in [7, 11) is -2.73. The van der Waals surface area contributed by atoms with Gasteiger partial charge in [0.25, 0.3) is 0 Å². The van der Waals surface area contributed by atoms with E-state index in [2.05, 4.69) is 5.32 Å². The maximum absolute atomic E-state index is 11.1. The van der Waals surface area contributed by atoms with Gasteiger partial charge in [-0.15, -0.1) is 0 Å². The van der Waals surface area contributed by atoms with Gasteiger partial charge in [-0.1, -0.05) is 0 Å². The summed E-state index contributed by atoms with van der Waals surface area (Å²) in [6.45, 7) is 1.60. The Balaban J connectivity index is 2.11. The lowest BCUT2D eigenvalue weighted by Gasteiger charge is -2.09. The molecule has 0 aliphatic carbocycles. The smallest absolute Gasteiger partial charge is 0.151 e. The van der Waals surface area contributed by atoms with Gasteiger partial charge in [0, 0.05) is 6.04 Å². The van der Waals surface area contributed by atoms with Crippen molar-refractivity contribution in [3.63, 3.8) is 0 Å². The molecule has 1 atom stereocenters. The van der Waals surface area contributed by atoms with Crippen molar-refractivity contribution in [3.8, 4) is 0 Å². The van der Waals surface area contributed by atoms with E-state index in [9.17, 15) is 8.42 Å². The lowest BCUT2D eigenvalue weighted by atomic mass is 10.2. The SMILES string of the molecule is NCCCCNC1CCS(=O)(=O)C1. The van der Waals surface area contributed by atoms with E-state index in [1.165, 1.54) is 0 Å². The lowest BCUT2D eigenvalue weighted by molar-refractivity contribution is 0.534. The van der Waals surface area contributed by atoms with Gasteiger partial charge in [-0.3, -0.25) is 0 Å². The highest BCUT2D eigenvalue weighted by Gasteiger charge is 2.26. The number of nitrogens with two attached hydrogens (primary N) is 1. The van der Waals surface area contributed by atoms with E-state index in [1.54, 1.807) is 0 Å². The first-order valence-electron chi connectivity index (χ1n) is 4.78. The molecule has 0 radical (unpaired) electrons. The molecule has 1 rings (SSSR count). The maximum Gasteiger partial charge on any atom is 0.151 e. The highest BCUT2D eigenvalue weighted by molar-refractivity contribution is 7.91. The minimum atomic E-state index is -2.73. The van der Waals surface area contributed by atoms with Gasteiger partial charge < -0.3 is 11.1 Å². The van der Waals surface area contributed by atoms with Crippen LogP contribution in [0.2, 0.25) is 0 Å². The Hall–Kier alpha value is -0.130. The molecule has 0 bridgehead atoms. The monoisotopic (exact) mass is 206 g/mol. The highest BCUT2D eigenvalue weighted by Crippen LogP contribution is 2.10. The third kappa shape index (κ3) is 4.06. The average molecular weight is 206 g/mol. The first kappa shape index (κ1) is 10.9. The van der Waals surface area contributed by atoms with Gasteiger partial charge in [-0.2, -0.15) is 0 Å². The number of rotatable bonds is 5. The molecule has 5 heteroatoms. The second-order valence-electron chi connectivity index (χ2n) is 3.55. The first-order valence-corrected chi connectivity index (χ1v) is 6.60. The second-order valence-corrected chi connectivity index (χ2v) is 5.78. The molecule has 4 nitrogen and oxygen atoms in total. The number of nitrogens with one attached hydrogen (secondary N) is 1. The first-order chi connectivity index (χ1) is 6.14. The van der Waals surface area contributed by atoms with Gasteiger partial charge in [0.1, 0.15) is 0 Å². The standard InChI is InChI=1S/C8H18N2O2S/c9-4-1-2-5-10-8-3-6-13(11,12)7-8/h8,10H,1-7,9H2. The largest absolute Gasteiger partial charge is 0.330 e. The van der Waals surface area contributed by atoms with Crippen LogP contribution in [-0.4, -0.2) is 39.1 Å². The Morgan fingerprint density at radius 1 is 1.38 bits per heavy atom. The maximum atomic E-state index is 11.1. The van der Waals surface area contributed by atoms with Gasteiger partial charge in [0.2, 0.25) is 0 Å². The molecule has 1 aliphatic rings. The van der Waals surface area contributed by atoms with Crippen molar-refractivity contribution < 1.29 is 8.42 Å². The Labute approximate surface area is 79.8 Å². The number of hydrogen-bond donors (Lipinski definition) is 2. The van der Waals surface area contributed by atoms with Crippen molar-refractivity contribution in [3.05, 3.63) is 0 Å². The van der Waals surface area contributed by atoms with Crippen molar-refractivity contribution in [1.82, 2.24) is 5.32 Å². The fourth-order valence-electron chi connectivity index (χ4n) is 1.53. The van der Waals surface area contributed by atoms with Crippen LogP contribution in [0.25, 0.3) is 0 Å². The molecule has 78 valence electrons. The number of hydrogen-bond acceptors (Lipinski definition) is 4. The summed E-state index contributed by atoms with van der Waals surface area (Å²) in [6.07, 6.45) is 2.81. The van der Waals surface area contributed by atoms with E-state index >= 15 is 0 Å². The molecular weight excluding hydrogens is 188 g/mol. The molecule has 13 heavy (non-hydrogen) atoms. The molecule has 0 aromatic rings. The molecule has 1 fully saturated rings.